The van der Waals surface area contributed by atoms with E-state index < -0.39 is 29.4 Å². The molecule has 1 aliphatic heterocycles. The monoisotopic (exact) mass is 397 g/mol. The lowest BCUT2D eigenvalue weighted by molar-refractivity contribution is -0.0752. The molecule has 1 aliphatic rings. The van der Waals surface area contributed by atoms with Gasteiger partial charge in [-0.05, 0) is 13.8 Å². The van der Waals surface area contributed by atoms with Gasteiger partial charge in [0, 0.05) is 0 Å². The largest absolute Gasteiger partial charge is 0.391 e. The third-order valence-electron chi connectivity index (χ3n) is 4.00. The van der Waals surface area contributed by atoms with Crippen LogP contribution in [0.5, 0.6) is 0 Å². The van der Waals surface area contributed by atoms with E-state index in [1.54, 1.807) is 6.92 Å². The summed E-state index contributed by atoms with van der Waals surface area (Å²) < 4.78 is 7.57. The van der Waals surface area contributed by atoms with E-state index in [4.69, 9.17) is 34.4 Å². The molecule has 0 spiro atoms. The Hall–Kier alpha value is -2.10. The number of ether oxygens (including phenoxy) is 1. The number of aliphatic hydroxyl groups excluding tert-OH is 2. The number of nitrogens with zero attached hydrogens (tertiary/aromatic N) is 5. The van der Waals surface area contributed by atoms with Crippen LogP contribution in [-0.4, -0.2) is 52.9 Å². The van der Waals surface area contributed by atoms with Gasteiger partial charge in [-0.2, -0.15) is 4.98 Å². The van der Waals surface area contributed by atoms with Gasteiger partial charge in [0.05, 0.1) is 12.4 Å². The number of imidazole rings is 1. The maximum absolute atomic E-state index is 10.6. The number of fused-ring (bicyclic) bond motifs is 1. The van der Waals surface area contributed by atoms with E-state index in [0.29, 0.717) is 11.2 Å². The Morgan fingerprint density at radius 3 is 2.96 bits per heavy atom. The van der Waals surface area contributed by atoms with E-state index >= 15 is 0 Å². The molecule has 3 rings (SSSR count). The number of aliphatic hydroxyl groups is 2. The second-order valence-corrected chi connectivity index (χ2v) is 6.74. The predicted octanol–water partition coefficient (Wildman–Crippen LogP) is 1.09. The lowest BCUT2D eigenvalue weighted by atomic mass is 9.97. The van der Waals surface area contributed by atoms with Crippen molar-refractivity contribution in [1.29, 1.82) is 0 Å². The molecule has 138 valence electrons. The van der Waals surface area contributed by atoms with Crippen molar-refractivity contribution in [2.24, 2.45) is 16.2 Å². The Morgan fingerprint density at radius 1 is 1.62 bits per heavy atom. The molecule has 26 heavy (non-hydrogen) atoms. The number of halogens is 1. The van der Waals surface area contributed by atoms with E-state index in [1.165, 1.54) is 17.8 Å². The molecule has 0 saturated carbocycles. The van der Waals surface area contributed by atoms with Crippen molar-refractivity contribution in [2.45, 2.75) is 43.3 Å². The normalized spacial score (nSPS) is 29.8. The van der Waals surface area contributed by atoms with Gasteiger partial charge >= 0.3 is 0 Å². The van der Waals surface area contributed by atoms with Gasteiger partial charge in [-0.25, -0.2) is 4.98 Å². The van der Waals surface area contributed by atoms with Crippen LogP contribution in [0.1, 0.15) is 20.1 Å². The fourth-order valence-electron chi connectivity index (χ4n) is 2.87. The molecular formula is C14H16ClN7O3S. The van der Waals surface area contributed by atoms with Crippen LogP contribution in [0.3, 0.4) is 0 Å². The molecule has 2 aromatic rings. The van der Waals surface area contributed by atoms with Gasteiger partial charge < -0.3 is 25.8 Å². The quantitative estimate of drug-likeness (QED) is 0.151. The number of alkyl halides is 1. The molecule has 0 aliphatic carbocycles. The lowest BCUT2D eigenvalue weighted by Gasteiger charge is -2.25. The highest BCUT2D eigenvalue weighted by Crippen LogP contribution is 2.45. The summed E-state index contributed by atoms with van der Waals surface area (Å²) in [6.07, 6.45) is -2.74. The summed E-state index contributed by atoms with van der Waals surface area (Å²) in [6.45, 7) is 3.08. The molecule has 5 N–H and O–H groups in total. The van der Waals surface area contributed by atoms with Gasteiger partial charge in [-0.3, -0.25) is 4.57 Å². The SMILES string of the molecule is CC#C[C@@]1(Cl)C(O)[C@@H]([C@@H](C)O)O[C@H]1n1cnc2c(=S)[nH]c(N=NN)nc21. The van der Waals surface area contributed by atoms with Crippen molar-refractivity contribution in [3.63, 3.8) is 0 Å². The smallest absolute Gasteiger partial charge is 0.251 e. The fourth-order valence-corrected chi connectivity index (χ4v) is 3.48. The third-order valence-corrected chi connectivity index (χ3v) is 4.80. The average molecular weight is 398 g/mol. The van der Waals surface area contributed by atoms with Crippen molar-refractivity contribution < 1.29 is 14.9 Å². The van der Waals surface area contributed by atoms with Crippen molar-refractivity contribution in [3.8, 4) is 11.8 Å². The summed E-state index contributed by atoms with van der Waals surface area (Å²) in [5.74, 6) is 10.6. The molecule has 1 unspecified atom stereocenters. The fraction of sp³-hybridized carbons (Fsp3) is 0.500. The topological polar surface area (TPSA) is 147 Å². The van der Waals surface area contributed by atoms with E-state index in [0.717, 1.165) is 0 Å². The standard InChI is InChI=1S/C14H16ClN7O3S/c1-3-4-14(15)9(24)8(6(2)23)25-12(14)22-5-17-7-10(22)18-13(20-21-16)19-11(7)26/h5-6,8-9,12,23-24H,1-2H3,(H3,16,18,19,20,26)/t6-,8-,9?,12-,14-/m1/s1. The maximum Gasteiger partial charge on any atom is 0.251 e. The molecule has 1 fully saturated rings. The Labute approximate surface area is 158 Å². The van der Waals surface area contributed by atoms with Crippen molar-refractivity contribution in [3.05, 3.63) is 11.0 Å². The molecule has 0 radical (unpaired) electrons. The summed E-state index contributed by atoms with van der Waals surface area (Å²) in [5, 5.41) is 27.3. The average Bonchev–Trinajstić information content (AvgIpc) is 3.09. The van der Waals surface area contributed by atoms with E-state index in [1.807, 2.05) is 0 Å². The van der Waals surface area contributed by atoms with Crippen molar-refractivity contribution in [1.82, 2.24) is 19.5 Å². The number of aromatic nitrogens is 4. The van der Waals surface area contributed by atoms with Crippen molar-refractivity contribution in [2.75, 3.05) is 0 Å². The van der Waals surface area contributed by atoms with Gasteiger partial charge in [-0.1, -0.05) is 40.1 Å². The van der Waals surface area contributed by atoms with Crippen LogP contribution in [0.2, 0.25) is 0 Å². The van der Waals surface area contributed by atoms with Gasteiger partial charge in [0.2, 0.25) is 0 Å². The van der Waals surface area contributed by atoms with Crippen LogP contribution in [0.15, 0.2) is 16.7 Å². The number of aromatic amines is 1. The second-order valence-electron chi connectivity index (χ2n) is 5.71. The van der Waals surface area contributed by atoms with Gasteiger partial charge in [0.25, 0.3) is 5.95 Å². The molecule has 0 amide bonds. The molecular weight excluding hydrogens is 382 g/mol. The first kappa shape index (κ1) is 18.7. The molecule has 2 aromatic heterocycles. The molecule has 10 nitrogen and oxygen atoms in total. The van der Waals surface area contributed by atoms with Crippen LogP contribution in [-0.2, 0) is 4.74 Å². The maximum atomic E-state index is 10.6. The van der Waals surface area contributed by atoms with E-state index in [9.17, 15) is 10.2 Å². The Bertz CT molecular complexity index is 978. The van der Waals surface area contributed by atoms with E-state index in [2.05, 4.69) is 37.1 Å². The molecule has 12 heteroatoms. The first-order valence-corrected chi connectivity index (χ1v) is 8.34. The van der Waals surface area contributed by atoms with Crippen LogP contribution in [0.25, 0.3) is 11.2 Å². The van der Waals surface area contributed by atoms with Crippen LogP contribution in [0.4, 0.5) is 5.95 Å². The predicted molar refractivity (Wildman–Crippen MR) is 95.0 cm³/mol. The van der Waals surface area contributed by atoms with E-state index in [-0.39, 0.29) is 10.6 Å². The lowest BCUT2D eigenvalue weighted by Crippen LogP contribution is -2.43. The third kappa shape index (κ3) is 2.85. The zero-order chi connectivity index (χ0) is 19.1. The minimum Gasteiger partial charge on any atom is -0.391 e. The Morgan fingerprint density at radius 2 is 2.35 bits per heavy atom. The Kier molecular flexibility index (Phi) is 4.96. The summed E-state index contributed by atoms with van der Waals surface area (Å²) in [5.41, 5.74) is 0.667. The van der Waals surface area contributed by atoms with Crippen LogP contribution in [0, 0.1) is 16.5 Å². The van der Waals surface area contributed by atoms with Gasteiger partial charge in [0.1, 0.15) is 22.4 Å². The van der Waals surface area contributed by atoms with Crippen LogP contribution < -0.4 is 5.84 Å². The number of hydrogen-bond acceptors (Lipinski definition) is 8. The van der Waals surface area contributed by atoms with Crippen LogP contribution >= 0.6 is 23.8 Å². The number of rotatable bonds is 3. The number of H-pyrrole nitrogens is 1. The summed E-state index contributed by atoms with van der Waals surface area (Å²) in [6, 6.07) is 0. The molecule has 3 heterocycles. The molecule has 0 aromatic carbocycles. The number of hydrogen-bond donors (Lipinski definition) is 4. The van der Waals surface area contributed by atoms with Gasteiger partial charge in [-0.15, -0.1) is 5.92 Å². The van der Waals surface area contributed by atoms with Gasteiger partial charge in [0.15, 0.2) is 16.7 Å². The van der Waals surface area contributed by atoms with Crippen molar-refractivity contribution >= 4 is 40.9 Å². The summed E-state index contributed by atoms with van der Waals surface area (Å²) in [7, 11) is 0. The first-order chi connectivity index (χ1) is 12.3. The first-order valence-electron chi connectivity index (χ1n) is 7.55. The number of nitrogens with two attached hydrogens (primary N) is 1. The second kappa shape index (κ2) is 6.90. The molecule has 0 bridgehead atoms. The highest BCUT2D eigenvalue weighted by Gasteiger charge is 2.57. The zero-order valence-electron chi connectivity index (χ0n) is 13.8. The minimum absolute atomic E-state index is 0.0686. The summed E-state index contributed by atoms with van der Waals surface area (Å²) >= 11 is 11.9. The minimum atomic E-state index is -1.53. The summed E-state index contributed by atoms with van der Waals surface area (Å²) in [4.78, 5) is 9.68. The molecule has 1 saturated heterocycles. The highest BCUT2D eigenvalue weighted by atomic mass is 35.5. The Balaban J connectivity index is 2.20. The zero-order valence-corrected chi connectivity index (χ0v) is 15.4. The highest BCUT2D eigenvalue weighted by molar-refractivity contribution is 7.71. The number of nitrogens with one attached hydrogen (secondary N) is 1. The molecule has 5 atom stereocenters.